The fourth-order valence-electron chi connectivity index (χ4n) is 2.05. The Labute approximate surface area is 88.8 Å². The average Bonchev–Trinajstić information content (AvgIpc) is 2.15. The molecule has 0 aliphatic heterocycles. The fourth-order valence-corrected chi connectivity index (χ4v) is 2.51. The zero-order valence-electron chi connectivity index (χ0n) is 8.26. The van der Waals surface area contributed by atoms with Gasteiger partial charge >= 0.3 is 0 Å². The minimum Gasteiger partial charge on any atom is -0.330 e. The van der Waals surface area contributed by atoms with Crippen LogP contribution in [-0.2, 0) is 0 Å². The third kappa shape index (κ3) is 3.29. The predicted molar refractivity (Wildman–Crippen MR) is 58.2 cm³/mol. The van der Waals surface area contributed by atoms with Crippen LogP contribution in [0.15, 0.2) is 0 Å². The van der Waals surface area contributed by atoms with Crippen LogP contribution in [0.1, 0.15) is 45.4 Å². The lowest BCUT2D eigenvalue weighted by Crippen LogP contribution is -2.38. The Morgan fingerprint density at radius 2 is 2.00 bits per heavy atom. The number of carbonyl (C=O) groups is 1. The van der Waals surface area contributed by atoms with E-state index in [1.54, 1.807) is 0 Å². The van der Waals surface area contributed by atoms with Gasteiger partial charge in [0.15, 0.2) is 0 Å². The van der Waals surface area contributed by atoms with Gasteiger partial charge in [-0.15, -0.1) is 0 Å². The van der Waals surface area contributed by atoms with Crippen LogP contribution in [0.5, 0.6) is 0 Å². The van der Waals surface area contributed by atoms with E-state index < -0.39 is 0 Å². The van der Waals surface area contributed by atoms with Crippen molar-refractivity contribution in [2.75, 3.05) is 6.54 Å². The summed E-state index contributed by atoms with van der Waals surface area (Å²) in [7, 11) is 0. The van der Waals surface area contributed by atoms with Crippen molar-refractivity contribution < 1.29 is 4.79 Å². The first-order chi connectivity index (χ1) is 6.25. The summed E-state index contributed by atoms with van der Waals surface area (Å²) in [6.07, 6.45) is 7.34. The molecule has 0 saturated heterocycles. The maximum atomic E-state index is 11.3. The van der Waals surface area contributed by atoms with Gasteiger partial charge in [0.1, 0.15) is 0 Å². The molecular weight excluding hydrogens is 230 g/mol. The van der Waals surface area contributed by atoms with Crippen LogP contribution in [0.3, 0.4) is 0 Å². The molecule has 0 aromatic rings. The summed E-state index contributed by atoms with van der Waals surface area (Å²) in [6.45, 7) is 3.01. The quantitative estimate of drug-likeness (QED) is 0.552. The highest BCUT2D eigenvalue weighted by Gasteiger charge is 2.22. The highest BCUT2D eigenvalue weighted by molar-refractivity contribution is 9.18. The van der Waals surface area contributed by atoms with E-state index in [1.807, 2.05) is 4.90 Å². The predicted octanol–water partition coefficient (Wildman–Crippen LogP) is 3.55. The molecule has 1 amide bonds. The van der Waals surface area contributed by atoms with Gasteiger partial charge in [-0.1, -0.05) is 26.2 Å². The molecule has 0 heterocycles. The van der Waals surface area contributed by atoms with Gasteiger partial charge in [0.05, 0.1) is 0 Å². The van der Waals surface area contributed by atoms with Gasteiger partial charge < -0.3 is 4.90 Å². The number of nitrogens with zero attached hydrogens (tertiary/aromatic N) is 1. The van der Waals surface area contributed by atoms with Crippen molar-refractivity contribution in [3.05, 3.63) is 0 Å². The summed E-state index contributed by atoms with van der Waals surface area (Å²) < 4.78 is 0. The molecule has 0 N–H and O–H groups in total. The molecule has 13 heavy (non-hydrogen) atoms. The van der Waals surface area contributed by atoms with Crippen LogP contribution >= 0.6 is 15.9 Å². The third-order valence-corrected chi connectivity index (χ3v) is 3.16. The Bertz CT molecular complexity index is 166. The van der Waals surface area contributed by atoms with Crippen molar-refractivity contribution in [1.82, 2.24) is 4.90 Å². The van der Waals surface area contributed by atoms with E-state index in [1.165, 1.54) is 32.1 Å². The summed E-state index contributed by atoms with van der Waals surface area (Å²) in [5, 5.41) is 0. The zero-order chi connectivity index (χ0) is 9.68. The molecule has 0 aromatic carbocycles. The molecule has 0 aromatic heterocycles. The van der Waals surface area contributed by atoms with E-state index in [-0.39, 0.29) is 4.82 Å². The monoisotopic (exact) mass is 247 g/mol. The first kappa shape index (κ1) is 11.0. The molecule has 2 nitrogen and oxygen atoms in total. The molecule has 0 spiro atoms. The smallest absolute Gasteiger partial charge is 0.289 e. The van der Waals surface area contributed by atoms with Crippen molar-refractivity contribution in [1.29, 1.82) is 0 Å². The zero-order valence-corrected chi connectivity index (χ0v) is 9.85. The molecule has 1 fully saturated rings. The summed E-state index contributed by atoms with van der Waals surface area (Å²) >= 11 is 3.06. The maximum absolute atomic E-state index is 11.3. The van der Waals surface area contributed by atoms with Gasteiger partial charge in [-0.05, 0) is 19.3 Å². The van der Waals surface area contributed by atoms with E-state index in [0.29, 0.717) is 6.04 Å². The second kappa shape index (κ2) is 5.63. The van der Waals surface area contributed by atoms with Crippen molar-refractivity contribution in [3.63, 3.8) is 0 Å². The van der Waals surface area contributed by atoms with Crippen molar-refractivity contribution >= 4 is 20.7 Å². The molecule has 1 rings (SSSR count). The number of hydrogen-bond donors (Lipinski definition) is 0. The molecular formula is C10H18BrNO. The highest BCUT2D eigenvalue weighted by Crippen LogP contribution is 2.23. The van der Waals surface area contributed by atoms with Gasteiger partial charge in [-0.2, -0.15) is 0 Å². The lowest BCUT2D eigenvalue weighted by Gasteiger charge is -2.32. The lowest BCUT2D eigenvalue weighted by molar-refractivity contribution is 0.178. The molecule has 76 valence electrons. The van der Waals surface area contributed by atoms with E-state index >= 15 is 0 Å². The normalized spacial score (nSPS) is 18.6. The summed E-state index contributed by atoms with van der Waals surface area (Å²) in [5.41, 5.74) is 0. The SMILES string of the molecule is CCCN(C(=O)Br)C1CCCCC1. The second-order valence-corrected chi connectivity index (χ2v) is 4.42. The Morgan fingerprint density at radius 3 is 2.46 bits per heavy atom. The minimum atomic E-state index is 0.0706. The van der Waals surface area contributed by atoms with Gasteiger partial charge in [0.25, 0.3) is 4.82 Å². The van der Waals surface area contributed by atoms with E-state index in [2.05, 4.69) is 22.9 Å². The van der Waals surface area contributed by atoms with Crippen molar-refractivity contribution in [2.24, 2.45) is 0 Å². The molecule has 0 unspecified atom stereocenters. The number of hydrogen-bond acceptors (Lipinski definition) is 1. The Balaban J connectivity index is 2.46. The molecule has 0 bridgehead atoms. The maximum Gasteiger partial charge on any atom is 0.289 e. The summed E-state index contributed by atoms with van der Waals surface area (Å²) in [6, 6.07) is 0.501. The minimum absolute atomic E-state index is 0.0706. The third-order valence-electron chi connectivity index (χ3n) is 2.71. The lowest BCUT2D eigenvalue weighted by atomic mass is 9.94. The van der Waals surface area contributed by atoms with Crippen LogP contribution in [0.4, 0.5) is 4.79 Å². The number of amides is 1. The molecule has 0 atom stereocenters. The average molecular weight is 248 g/mol. The number of carbonyl (C=O) groups excluding carboxylic acids is 1. The largest absolute Gasteiger partial charge is 0.330 e. The fraction of sp³-hybridized carbons (Fsp3) is 0.900. The first-order valence-corrected chi connectivity index (χ1v) is 6.01. The standard InChI is InChI=1S/C10H18BrNO/c1-2-8-12(10(11)13)9-6-4-3-5-7-9/h9H,2-8H2,1H3. The van der Waals surface area contributed by atoms with E-state index in [4.69, 9.17) is 0 Å². The number of halogens is 1. The van der Waals surface area contributed by atoms with Crippen molar-refractivity contribution in [3.8, 4) is 0 Å². The highest BCUT2D eigenvalue weighted by atomic mass is 79.9. The summed E-state index contributed by atoms with van der Waals surface area (Å²) in [5.74, 6) is 0. The van der Waals surface area contributed by atoms with Gasteiger partial charge in [-0.25, -0.2) is 0 Å². The molecule has 1 saturated carbocycles. The topological polar surface area (TPSA) is 20.3 Å². The molecule has 1 aliphatic rings. The van der Waals surface area contributed by atoms with Crippen LogP contribution < -0.4 is 0 Å². The van der Waals surface area contributed by atoms with Gasteiger partial charge in [0, 0.05) is 28.5 Å². The van der Waals surface area contributed by atoms with Crippen molar-refractivity contribution in [2.45, 2.75) is 51.5 Å². The van der Waals surface area contributed by atoms with Crippen LogP contribution in [-0.4, -0.2) is 22.3 Å². The Morgan fingerprint density at radius 1 is 1.38 bits per heavy atom. The summed E-state index contributed by atoms with van der Waals surface area (Å²) in [4.78, 5) is 13.3. The Hall–Kier alpha value is -0.0500. The second-order valence-electron chi connectivity index (χ2n) is 3.74. The Kier molecular flexibility index (Phi) is 4.78. The first-order valence-electron chi connectivity index (χ1n) is 5.21. The van der Waals surface area contributed by atoms with Crippen LogP contribution in [0, 0.1) is 0 Å². The van der Waals surface area contributed by atoms with E-state index in [0.717, 1.165) is 13.0 Å². The van der Waals surface area contributed by atoms with Crippen LogP contribution in [0.2, 0.25) is 0 Å². The van der Waals surface area contributed by atoms with Gasteiger partial charge in [0.2, 0.25) is 0 Å². The molecule has 3 heteroatoms. The van der Waals surface area contributed by atoms with Crippen LogP contribution in [0.25, 0.3) is 0 Å². The van der Waals surface area contributed by atoms with Gasteiger partial charge in [-0.3, -0.25) is 4.79 Å². The molecule has 1 aliphatic carbocycles. The number of rotatable bonds is 3. The van der Waals surface area contributed by atoms with E-state index in [9.17, 15) is 4.79 Å². The molecule has 0 radical (unpaired) electrons.